The van der Waals surface area contributed by atoms with Crippen molar-refractivity contribution in [1.29, 1.82) is 0 Å². The second-order valence-electron chi connectivity index (χ2n) is 11.0. The number of rotatable bonds is 2. The Morgan fingerprint density at radius 2 is 1.83 bits per heavy atom. The van der Waals surface area contributed by atoms with Crippen LogP contribution in [0.2, 0.25) is 0 Å². The van der Waals surface area contributed by atoms with E-state index in [1.54, 1.807) is 4.90 Å². The number of benzene rings is 2. The summed E-state index contributed by atoms with van der Waals surface area (Å²) in [5.41, 5.74) is 3.44. The standard InChI is InChI=1S/C28H31BrN2O4/c1-27(2,3)35-26(33)31-12-10-17(11-13-31)34-18-7-9-19-21(15-18)28(4,5)25-23(24(19)32)20-8-6-16(29)14-22(20)30-25/h6-9,14-15,17,30H,10-13H2,1-5H3. The van der Waals surface area contributed by atoms with Crippen molar-refractivity contribution in [2.24, 2.45) is 0 Å². The number of likely N-dealkylation sites (tertiary alicyclic amines) is 1. The Bertz CT molecular complexity index is 1330. The molecule has 1 aromatic heterocycles. The molecule has 5 rings (SSSR count). The number of carbonyl (C=O) groups is 2. The van der Waals surface area contributed by atoms with E-state index in [4.69, 9.17) is 9.47 Å². The van der Waals surface area contributed by atoms with Gasteiger partial charge >= 0.3 is 6.09 Å². The number of ether oxygens (including phenoxy) is 2. The van der Waals surface area contributed by atoms with Gasteiger partial charge in [0.15, 0.2) is 5.78 Å². The predicted octanol–water partition coefficient (Wildman–Crippen LogP) is 6.58. The molecular weight excluding hydrogens is 508 g/mol. The van der Waals surface area contributed by atoms with Crippen LogP contribution in [-0.2, 0) is 10.2 Å². The van der Waals surface area contributed by atoms with Crippen LogP contribution in [0.3, 0.4) is 0 Å². The van der Waals surface area contributed by atoms with Crippen LogP contribution in [0.15, 0.2) is 40.9 Å². The Morgan fingerprint density at radius 1 is 1.11 bits per heavy atom. The number of nitrogens with one attached hydrogen (secondary N) is 1. The average molecular weight is 539 g/mol. The van der Waals surface area contributed by atoms with Gasteiger partial charge in [-0.1, -0.05) is 35.8 Å². The van der Waals surface area contributed by atoms with Crippen LogP contribution in [0.4, 0.5) is 4.79 Å². The van der Waals surface area contributed by atoms with Gasteiger partial charge in [0, 0.05) is 58.0 Å². The van der Waals surface area contributed by atoms with Crippen molar-refractivity contribution in [3.8, 4) is 5.75 Å². The summed E-state index contributed by atoms with van der Waals surface area (Å²) in [7, 11) is 0. The van der Waals surface area contributed by atoms with E-state index in [0.717, 1.165) is 56.4 Å². The molecule has 3 aromatic rings. The lowest BCUT2D eigenvalue weighted by Crippen LogP contribution is -2.44. The zero-order valence-electron chi connectivity index (χ0n) is 20.8. The van der Waals surface area contributed by atoms with Crippen LogP contribution in [0.1, 0.15) is 74.6 Å². The molecule has 0 spiro atoms. The molecule has 2 aliphatic rings. The number of nitrogens with zero attached hydrogens (tertiary/aromatic N) is 1. The summed E-state index contributed by atoms with van der Waals surface area (Å²) in [6, 6.07) is 11.8. The SMILES string of the molecule is CC(C)(C)OC(=O)N1CCC(Oc2ccc3c(c2)C(C)(C)c2[nH]c4cc(Br)ccc4c2C3=O)CC1. The summed E-state index contributed by atoms with van der Waals surface area (Å²) in [6.45, 7) is 11.1. The highest BCUT2D eigenvalue weighted by molar-refractivity contribution is 9.10. The molecule has 35 heavy (non-hydrogen) atoms. The van der Waals surface area contributed by atoms with Gasteiger partial charge in [-0.15, -0.1) is 0 Å². The van der Waals surface area contributed by atoms with E-state index in [-0.39, 0.29) is 23.4 Å². The van der Waals surface area contributed by atoms with E-state index in [1.807, 2.05) is 57.2 Å². The maximum atomic E-state index is 13.5. The van der Waals surface area contributed by atoms with Gasteiger partial charge < -0.3 is 19.4 Å². The van der Waals surface area contributed by atoms with Crippen LogP contribution in [0.25, 0.3) is 10.9 Å². The molecule has 0 atom stereocenters. The van der Waals surface area contributed by atoms with Crippen molar-refractivity contribution >= 4 is 38.7 Å². The number of H-pyrrole nitrogens is 1. The van der Waals surface area contributed by atoms with E-state index in [1.165, 1.54) is 0 Å². The number of aromatic nitrogens is 1. The highest BCUT2D eigenvalue weighted by Crippen LogP contribution is 2.45. The van der Waals surface area contributed by atoms with E-state index in [9.17, 15) is 9.59 Å². The Hall–Kier alpha value is -2.80. The second kappa shape index (κ2) is 8.40. The van der Waals surface area contributed by atoms with Crippen molar-refractivity contribution in [1.82, 2.24) is 9.88 Å². The van der Waals surface area contributed by atoms with Crippen LogP contribution in [0.5, 0.6) is 5.75 Å². The first-order chi connectivity index (χ1) is 16.4. The second-order valence-corrected chi connectivity index (χ2v) is 11.9. The summed E-state index contributed by atoms with van der Waals surface area (Å²) in [5.74, 6) is 0.794. The number of amides is 1. The van der Waals surface area contributed by atoms with Crippen LogP contribution >= 0.6 is 15.9 Å². The first kappa shape index (κ1) is 23.9. The predicted molar refractivity (Wildman–Crippen MR) is 139 cm³/mol. The molecule has 1 amide bonds. The molecule has 0 bridgehead atoms. The molecule has 1 aliphatic heterocycles. The third-order valence-electron chi connectivity index (χ3n) is 6.92. The van der Waals surface area contributed by atoms with E-state index >= 15 is 0 Å². The third kappa shape index (κ3) is 4.35. The maximum absolute atomic E-state index is 13.5. The zero-order valence-corrected chi connectivity index (χ0v) is 22.4. The Kier molecular flexibility index (Phi) is 5.74. The van der Waals surface area contributed by atoms with Crippen LogP contribution < -0.4 is 4.74 Å². The minimum atomic E-state index is -0.501. The minimum Gasteiger partial charge on any atom is -0.490 e. The van der Waals surface area contributed by atoms with Crippen molar-refractivity contribution in [2.75, 3.05) is 13.1 Å². The Labute approximate surface area is 214 Å². The van der Waals surface area contributed by atoms with Gasteiger partial charge in [0.25, 0.3) is 0 Å². The lowest BCUT2D eigenvalue weighted by Gasteiger charge is -2.34. The van der Waals surface area contributed by atoms with Gasteiger partial charge in [0.1, 0.15) is 17.5 Å². The number of ketones is 1. The zero-order chi connectivity index (χ0) is 25.1. The summed E-state index contributed by atoms with van der Waals surface area (Å²) in [5, 5.41) is 0.948. The number of carbonyl (C=O) groups excluding carboxylic acids is 2. The smallest absolute Gasteiger partial charge is 0.410 e. The highest BCUT2D eigenvalue weighted by Gasteiger charge is 2.40. The van der Waals surface area contributed by atoms with Crippen molar-refractivity contribution in [3.63, 3.8) is 0 Å². The van der Waals surface area contributed by atoms with Crippen molar-refractivity contribution in [2.45, 2.75) is 64.6 Å². The Morgan fingerprint density at radius 3 is 2.51 bits per heavy atom. The summed E-state index contributed by atoms with van der Waals surface area (Å²) in [4.78, 5) is 31.1. The molecular formula is C28H31BrN2O4. The van der Waals surface area contributed by atoms with Crippen LogP contribution in [-0.4, -0.2) is 46.6 Å². The number of hydrogen-bond donors (Lipinski definition) is 1. The molecule has 184 valence electrons. The van der Waals surface area contributed by atoms with Gasteiger partial charge in [0.05, 0.1) is 5.56 Å². The molecule has 0 unspecified atom stereocenters. The molecule has 1 saturated heterocycles. The fourth-order valence-corrected chi connectivity index (χ4v) is 5.49. The highest BCUT2D eigenvalue weighted by atomic mass is 79.9. The largest absolute Gasteiger partial charge is 0.490 e. The molecule has 0 saturated carbocycles. The van der Waals surface area contributed by atoms with Gasteiger partial charge in [-0.25, -0.2) is 4.79 Å². The lowest BCUT2D eigenvalue weighted by atomic mass is 9.71. The lowest BCUT2D eigenvalue weighted by molar-refractivity contribution is 0.0126. The molecule has 1 fully saturated rings. The van der Waals surface area contributed by atoms with Crippen molar-refractivity contribution in [3.05, 3.63) is 63.3 Å². The number of hydrogen-bond acceptors (Lipinski definition) is 4. The molecule has 2 heterocycles. The van der Waals surface area contributed by atoms with E-state index < -0.39 is 5.60 Å². The molecule has 1 N–H and O–H groups in total. The van der Waals surface area contributed by atoms with Gasteiger partial charge in [-0.05, 0) is 56.7 Å². The maximum Gasteiger partial charge on any atom is 0.410 e. The molecule has 2 aromatic carbocycles. The average Bonchev–Trinajstić information content (AvgIpc) is 3.17. The van der Waals surface area contributed by atoms with Crippen molar-refractivity contribution < 1.29 is 19.1 Å². The number of piperidine rings is 1. The van der Waals surface area contributed by atoms with Gasteiger partial charge in [0.2, 0.25) is 0 Å². The first-order valence-corrected chi connectivity index (χ1v) is 12.9. The molecule has 1 aliphatic carbocycles. The third-order valence-corrected chi connectivity index (χ3v) is 7.41. The van der Waals surface area contributed by atoms with Crippen LogP contribution in [0, 0.1) is 0 Å². The number of fused-ring (bicyclic) bond motifs is 4. The molecule has 0 radical (unpaired) electrons. The summed E-state index contributed by atoms with van der Waals surface area (Å²) < 4.78 is 12.8. The van der Waals surface area contributed by atoms with Gasteiger partial charge in [-0.3, -0.25) is 4.79 Å². The fraction of sp³-hybridized carbons (Fsp3) is 0.429. The normalized spacial score (nSPS) is 17.8. The molecule has 7 heteroatoms. The topological polar surface area (TPSA) is 71.6 Å². The van der Waals surface area contributed by atoms with E-state index in [2.05, 4.69) is 34.8 Å². The fourth-order valence-electron chi connectivity index (χ4n) is 5.13. The summed E-state index contributed by atoms with van der Waals surface area (Å²) >= 11 is 3.53. The summed E-state index contributed by atoms with van der Waals surface area (Å²) in [6.07, 6.45) is 1.21. The van der Waals surface area contributed by atoms with E-state index in [0.29, 0.717) is 13.1 Å². The Balaban J connectivity index is 1.36. The quantitative estimate of drug-likeness (QED) is 0.400. The first-order valence-electron chi connectivity index (χ1n) is 12.1. The molecule has 6 nitrogen and oxygen atoms in total. The number of aromatic amines is 1. The number of halogens is 1. The van der Waals surface area contributed by atoms with Gasteiger partial charge in [-0.2, -0.15) is 0 Å². The minimum absolute atomic E-state index is 0.00938. The monoisotopic (exact) mass is 538 g/mol.